The van der Waals surface area contributed by atoms with Gasteiger partial charge in [0.2, 0.25) is 0 Å². The lowest BCUT2D eigenvalue weighted by atomic mass is 9.90. The summed E-state index contributed by atoms with van der Waals surface area (Å²) in [5, 5.41) is 0.856. The molecule has 0 N–H and O–H groups in total. The molecular weight excluding hydrogens is 240 g/mol. The van der Waals surface area contributed by atoms with Gasteiger partial charge < -0.3 is 0 Å². The zero-order valence-corrected chi connectivity index (χ0v) is 12.1. The van der Waals surface area contributed by atoms with Gasteiger partial charge in [-0.05, 0) is 48.9 Å². The fourth-order valence-corrected chi connectivity index (χ4v) is 2.85. The predicted molar refractivity (Wildman–Crippen MR) is 81.1 cm³/mol. The Hall–Kier alpha value is -0.750. The smallest absolute Gasteiger partial charge is 0.0412 e. The van der Waals surface area contributed by atoms with Crippen molar-refractivity contribution in [3.8, 4) is 0 Å². The average Bonchev–Trinajstić information content (AvgIpc) is 2.38. The molecule has 0 aliphatic heterocycles. The van der Waals surface area contributed by atoms with Gasteiger partial charge in [0.25, 0.3) is 0 Å². The van der Waals surface area contributed by atoms with Crippen LogP contribution in [0, 0.1) is 0 Å². The first-order chi connectivity index (χ1) is 8.79. The third-order valence-electron chi connectivity index (χ3n) is 3.78. The molecule has 1 aromatic carbocycles. The van der Waals surface area contributed by atoms with E-state index in [-0.39, 0.29) is 0 Å². The van der Waals surface area contributed by atoms with Gasteiger partial charge in [-0.15, -0.1) is 0 Å². The monoisotopic (exact) mass is 262 g/mol. The van der Waals surface area contributed by atoms with Crippen LogP contribution in [0.2, 0.25) is 5.02 Å². The number of hydrogen-bond donors (Lipinski definition) is 0. The van der Waals surface area contributed by atoms with E-state index < -0.39 is 0 Å². The summed E-state index contributed by atoms with van der Waals surface area (Å²) in [6.45, 7) is 2.27. The highest BCUT2D eigenvalue weighted by molar-refractivity contribution is 6.30. The summed E-state index contributed by atoms with van der Waals surface area (Å²) in [6.07, 6.45) is 12.9. The number of fused-ring (bicyclic) bond motifs is 1. The van der Waals surface area contributed by atoms with Crippen molar-refractivity contribution in [2.45, 2.75) is 58.3 Å². The van der Waals surface area contributed by atoms with Crippen LogP contribution >= 0.6 is 11.6 Å². The standard InChI is InChI=1S/C17H23Cl/c1-2-3-4-5-6-7-14-8-9-15-10-11-17(18)13-16(15)12-14/h10-13H,2-9H2,1H3. The Morgan fingerprint density at radius 3 is 2.72 bits per heavy atom. The molecular formula is C17H23Cl. The number of allylic oxidation sites excluding steroid dienone is 1. The maximum atomic E-state index is 6.06. The van der Waals surface area contributed by atoms with Gasteiger partial charge >= 0.3 is 0 Å². The maximum absolute atomic E-state index is 6.06. The quantitative estimate of drug-likeness (QED) is 0.549. The van der Waals surface area contributed by atoms with Crippen molar-refractivity contribution < 1.29 is 0 Å². The molecule has 0 aromatic heterocycles. The molecule has 0 amide bonds. The molecule has 18 heavy (non-hydrogen) atoms. The minimum atomic E-state index is 0.856. The summed E-state index contributed by atoms with van der Waals surface area (Å²) in [4.78, 5) is 0. The van der Waals surface area contributed by atoms with Crippen LogP contribution in [-0.4, -0.2) is 0 Å². The molecule has 2 rings (SSSR count). The molecule has 0 atom stereocenters. The highest BCUT2D eigenvalue weighted by atomic mass is 35.5. The molecule has 1 aromatic rings. The minimum Gasteiger partial charge on any atom is -0.0843 e. The molecule has 0 saturated carbocycles. The number of benzene rings is 1. The van der Waals surface area contributed by atoms with Crippen molar-refractivity contribution in [3.63, 3.8) is 0 Å². The summed E-state index contributed by atoms with van der Waals surface area (Å²) in [5.41, 5.74) is 4.41. The largest absolute Gasteiger partial charge is 0.0843 e. The van der Waals surface area contributed by atoms with Crippen LogP contribution in [0.3, 0.4) is 0 Å². The molecule has 0 radical (unpaired) electrons. The average molecular weight is 263 g/mol. The third-order valence-corrected chi connectivity index (χ3v) is 4.02. The summed E-state index contributed by atoms with van der Waals surface area (Å²) in [7, 11) is 0. The van der Waals surface area contributed by atoms with Crippen molar-refractivity contribution in [1.82, 2.24) is 0 Å². The molecule has 0 unspecified atom stereocenters. The van der Waals surface area contributed by atoms with Crippen LogP contribution in [0.1, 0.15) is 63.0 Å². The van der Waals surface area contributed by atoms with E-state index in [1.165, 1.54) is 62.5 Å². The second-order valence-electron chi connectivity index (χ2n) is 5.31. The third kappa shape index (κ3) is 3.88. The van der Waals surface area contributed by atoms with E-state index in [0.29, 0.717) is 0 Å². The van der Waals surface area contributed by atoms with Crippen molar-refractivity contribution >= 4 is 17.7 Å². The van der Waals surface area contributed by atoms with E-state index in [4.69, 9.17) is 11.6 Å². The predicted octanol–water partition coefficient (Wildman–Crippen LogP) is 6.03. The van der Waals surface area contributed by atoms with E-state index in [9.17, 15) is 0 Å². The lowest BCUT2D eigenvalue weighted by Crippen LogP contribution is -1.99. The normalized spacial score (nSPS) is 14.2. The van der Waals surface area contributed by atoms with Crippen molar-refractivity contribution in [2.24, 2.45) is 0 Å². The van der Waals surface area contributed by atoms with E-state index in [1.54, 1.807) is 5.57 Å². The summed E-state index contributed by atoms with van der Waals surface area (Å²) in [5.74, 6) is 0. The zero-order chi connectivity index (χ0) is 12.8. The SMILES string of the molecule is CCCCCCCC1=Cc2cc(Cl)ccc2CC1. The van der Waals surface area contributed by atoms with E-state index >= 15 is 0 Å². The maximum Gasteiger partial charge on any atom is 0.0412 e. The van der Waals surface area contributed by atoms with Crippen molar-refractivity contribution in [2.75, 3.05) is 0 Å². The summed E-state index contributed by atoms with van der Waals surface area (Å²) >= 11 is 6.06. The van der Waals surface area contributed by atoms with E-state index in [1.807, 2.05) is 6.07 Å². The van der Waals surface area contributed by atoms with Crippen LogP contribution in [0.15, 0.2) is 23.8 Å². The molecule has 0 fully saturated rings. The van der Waals surface area contributed by atoms with Gasteiger partial charge in [-0.2, -0.15) is 0 Å². The van der Waals surface area contributed by atoms with Gasteiger partial charge in [-0.25, -0.2) is 0 Å². The fourth-order valence-electron chi connectivity index (χ4n) is 2.67. The summed E-state index contributed by atoms with van der Waals surface area (Å²) < 4.78 is 0. The van der Waals surface area contributed by atoms with Crippen LogP contribution in [0.5, 0.6) is 0 Å². The highest BCUT2D eigenvalue weighted by Gasteiger charge is 2.10. The molecule has 0 spiro atoms. The Labute approximate surface area is 116 Å². The molecule has 0 heterocycles. The van der Waals surface area contributed by atoms with Crippen LogP contribution < -0.4 is 0 Å². The number of hydrogen-bond acceptors (Lipinski definition) is 0. The van der Waals surface area contributed by atoms with Gasteiger partial charge in [0.1, 0.15) is 0 Å². The second kappa shape index (κ2) is 6.99. The molecule has 1 aliphatic rings. The number of aryl methyl sites for hydroxylation is 1. The molecule has 1 heteroatoms. The van der Waals surface area contributed by atoms with Gasteiger partial charge in [-0.3, -0.25) is 0 Å². The summed E-state index contributed by atoms with van der Waals surface area (Å²) in [6, 6.07) is 6.28. The fraction of sp³-hybridized carbons (Fsp3) is 0.529. The number of unbranched alkanes of at least 4 members (excludes halogenated alkanes) is 4. The number of rotatable bonds is 6. The molecule has 1 aliphatic carbocycles. The molecule has 98 valence electrons. The van der Waals surface area contributed by atoms with E-state index in [2.05, 4.69) is 25.1 Å². The Bertz CT molecular complexity index is 418. The Morgan fingerprint density at radius 2 is 1.89 bits per heavy atom. The topological polar surface area (TPSA) is 0 Å². The Kier molecular flexibility index (Phi) is 5.31. The van der Waals surface area contributed by atoms with Crippen molar-refractivity contribution in [3.05, 3.63) is 39.9 Å². The van der Waals surface area contributed by atoms with Crippen molar-refractivity contribution in [1.29, 1.82) is 0 Å². The van der Waals surface area contributed by atoms with Gasteiger partial charge in [0.05, 0.1) is 0 Å². The first-order valence-electron chi connectivity index (χ1n) is 7.27. The molecule has 0 nitrogen and oxygen atoms in total. The van der Waals surface area contributed by atoms with Crippen LogP contribution in [-0.2, 0) is 6.42 Å². The van der Waals surface area contributed by atoms with Crippen LogP contribution in [0.25, 0.3) is 6.08 Å². The minimum absolute atomic E-state index is 0.856. The first kappa shape index (κ1) is 13.7. The lowest BCUT2D eigenvalue weighted by molar-refractivity contribution is 0.624. The number of halogens is 1. The Balaban J connectivity index is 1.87. The van der Waals surface area contributed by atoms with E-state index in [0.717, 1.165) is 5.02 Å². The van der Waals surface area contributed by atoms with Gasteiger partial charge in [0.15, 0.2) is 0 Å². The van der Waals surface area contributed by atoms with Gasteiger partial charge in [-0.1, -0.05) is 61.9 Å². The lowest BCUT2D eigenvalue weighted by Gasteiger charge is -2.16. The van der Waals surface area contributed by atoms with Crippen LogP contribution in [0.4, 0.5) is 0 Å². The first-order valence-corrected chi connectivity index (χ1v) is 7.65. The zero-order valence-electron chi connectivity index (χ0n) is 11.3. The second-order valence-corrected chi connectivity index (χ2v) is 5.75. The highest BCUT2D eigenvalue weighted by Crippen LogP contribution is 2.28. The molecule has 0 saturated heterocycles. The molecule has 0 bridgehead atoms. The Morgan fingerprint density at radius 1 is 1.06 bits per heavy atom. The van der Waals surface area contributed by atoms with Gasteiger partial charge in [0, 0.05) is 5.02 Å².